The molecule has 2 aromatic carbocycles. The van der Waals surface area contributed by atoms with Crippen molar-refractivity contribution in [1.82, 2.24) is 0 Å². The van der Waals surface area contributed by atoms with Crippen molar-refractivity contribution in [3.05, 3.63) is 68.7 Å². The number of nitrogens with two attached hydrogens (primary N) is 1. The normalized spacial score (nSPS) is 12.4. The summed E-state index contributed by atoms with van der Waals surface area (Å²) in [5, 5.41) is 0.343. The topological polar surface area (TPSA) is 26.0 Å². The zero-order chi connectivity index (χ0) is 14.7. The molecule has 0 saturated carbocycles. The lowest BCUT2D eigenvalue weighted by Gasteiger charge is -2.14. The average molecular weight is 361 g/mol. The Morgan fingerprint density at radius 3 is 2.55 bits per heavy atom. The first-order valence-corrected chi connectivity index (χ1v) is 7.27. The van der Waals surface area contributed by atoms with Crippen LogP contribution in [-0.4, -0.2) is 6.04 Å². The fraction of sp³-hybridized carbons (Fsp3) is 0.200. The summed E-state index contributed by atoms with van der Waals surface area (Å²) in [5.41, 5.74) is 6.86. The maximum absolute atomic E-state index is 13.7. The summed E-state index contributed by atoms with van der Waals surface area (Å²) in [6.45, 7) is 0. The molecule has 2 aromatic rings. The van der Waals surface area contributed by atoms with Gasteiger partial charge in [-0.3, -0.25) is 0 Å². The smallest absolute Gasteiger partial charge is 0.127 e. The van der Waals surface area contributed by atoms with Crippen LogP contribution in [0.2, 0.25) is 5.02 Å². The molecule has 0 heterocycles. The third-order valence-electron chi connectivity index (χ3n) is 3.02. The Labute approximate surface area is 129 Å². The molecule has 0 radical (unpaired) electrons. The van der Waals surface area contributed by atoms with Gasteiger partial charge in [-0.05, 0) is 48.7 Å². The van der Waals surface area contributed by atoms with Gasteiger partial charge in [0.1, 0.15) is 11.6 Å². The van der Waals surface area contributed by atoms with Crippen molar-refractivity contribution in [2.45, 2.75) is 18.9 Å². The van der Waals surface area contributed by atoms with E-state index in [1.54, 1.807) is 24.3 Å². The maximum Gasteiger partial charge on any atom is 0.127 e. The van der Waals surface area contributed by atoms with Gasteiger partial charge in [0.2, 0.25) is 0 Å². The highest BCUT2D eigenvalue weighted by Crippen LogP contribution is 2.22. The first-order valence-electron chi connectivity index (χ1n) is 6.09. The minimum absolute atomic E-state index is 0.261. The highest BCUT2D eigenvalue weighted by molar-refractivity contribution is 9.10. The van der Waals surface area contributed by atoms with Gasteiger partial charge in [0.25, 0.3) is 0 Å². The Morgan fingerprint density at radius 2 is 1.85 bits per heavy atom. The van der Waals surface area contributed by atoms with E-state index in [9.17, 15) is 8.78 Å². The van der Waals surface area contributed by atoms with Crippen molar-refractivity contribution in [2.24, 2.45) is 5.73 Å². The van der Waals surface area contributed by atoms with Crippen LogP contribution in [0, 0.1) is 11.6 Å². The molecule has 20 heavy (non-hydrogen) atoms. The van der Waals surface area contributed by atoms with Crippen LogP contribution in [0.15, 0.2) is 40.9 Å². The summed E-state index contributed by atoms with van der Waals surface area (Å²) in [6, 6.07) is 8.77. The minimum atomic E-state index is -0.409. The number of hydrogen-bond donors (Lipinski definition) is 1. The van der Waals surface area contributed by atoms with E-state index in [2.05, 4.69) is 15.9 Å². The Balaban J connectivity index is 2.13. The summed E-state index contributed by atoms with van der Waals surface area (Å²) < 4.78 is 28.1. The van der Waals surface area contributed by atoms with Crippen LogP contribution in [0.5, 0.6) is 0 Å². The molecule has 0 aliphatic heterocycles. The van der Waals surface area contributed by atoms with Crippen LogP contribution in [0.3, 0.4) is 0 Å². The summed E-state index contributed by atoms with van der Waals surface area (Å²) in [7, 11) is 0. The van der Waals surface area contributed by atoms with Crippen molar-refractivity contribution in [3.63, 3.8) is 0 Å². The molecule has 0 aliphatic rings. The first-order chi connectivity index (χ1) is 9.47. The van der Waals surface area contributed by atoms with E-state index in [0.717, 1.165) is 4.47 Å². The average Bonchev–Trinajstić information content (AvgIpc) is 2.38. The molecule has 0 aliphatic carbocycles. The number of hydrogen-bond acceptors (Lipinski definition) is 1. The molecule has 0 aromatic heterocycles. The van der Waals surface area contributed by atoms with Gasteiger partial charge in [-0.15, -0.1) is 0 Å². The maximum atomic E-state index is 13.7. The predicted molar refractivity (Wildman–Crippen MR) is 80.9 cm³/mol. The summed E-state index contributed by atoms with van der Waals surface area (Å²) in [4.78, 5) is 0. The lowest BCUT2D eigenvalue weighted by molar-refractivity contribution is 0.565. The minimum Gasteiger partial charge on any atom is -0.327 e. The zero-order valence-corrected chi connectivity index (χ0v) is 12.9. The van der Waals surface area contributed by atoms with E-state index in [-0.39, 0.29) is 18.1 Å². The molecular formula is C15H13BrClF2N. The first kappa shape index (κ1) is 15.4. The predicted octanol–water partition coefficient (Wildman–Crippen LogP) is 4.49. The summed E-state index contributed by atoms with van der Waals surface area (Å²) >= 11 is 9.24. The largest absolute Gasteiger partial charge is 0.327 e. The summed E-state index contributed by atoms with van der Waals surface area (Å²) in [6.07, 6.45) is 0.577. The third-order valence-corrected chi connectivity index (χ3v) is 3.87. The quantitative estimate of drug-likeness (QED) is 0.854. The van der Waals surface area contributed by atoms with Gasteiger partial charge < -0.3 is 5.73 Å². The highest BCUT2D eigenvalue weighted by Gasteiger charge is 2.14. The van der Waals surface area contributed by atoms with Crippen LogP contribution >= 0.6 is 27.5 Å². The Hall–Kier alpha value is -0.970. The fourth-order valence-electron chi connectivity index (χ4n) is 2.04. The van der Waals surface area contributed by atoms with E-state index in [4.69, 9.17) is 17.3 Å². The molecule has 1 nitrogen and oxygen atoms in total. The number of halogens is 4. The van der Waals surface area contributed by atoms with Crippen molar-refractivity contribution in [1.29, 1.82) is 0 Å². The monoisotopic (exact) mass is 359 g/mol. The van der Waals surface area contributed by atoms with E-state index in [0.29, 0.717) is 22.6 Å². The van der Waals surface area contributed by atoms with Gasteiger partial charge in [0.05, 0.1) is 0 Å². The second-order valence-electron chi connectivity index (χ2n) is 4.60. The van der Waals surface area contributed by atoms with Gasteiger partial charge in [-0.1, -0.05) is 33.6 Å². The Bertz CT molecular complexity index is 599. The second kappa shape index (κ2) is 6.66. The number of rotatable bonds is 4. The third kappa shape index (κ3) is 3.78. The molecule has 2 rings (SSSR count). The van der Waals surface area contributed by atoms with Crippen LogP contribution in [0.25, 0.3) is 0 Å². The second-order valence-corrected chi connectivity index (χ2v) is 5.93. The van der Waals surface area contributed by atoms with E-state index >= 15 is 0 Å². The fourth-order valence-corrected chi connectivity index (χ4v) is 2.69. The molecule has 106 valence electrons. The molecule has 1 unspecified atom stereocenters. The standard InChI is InChI=1S/C15H13BrClF2N/c16-10-4-5-14(18)9(6-10)7-11(20)8-12-13(17)2-1-3-15(12)19/h1-6,11H,7-8,20H2. The molecule has 0 bridgehead atoms. The molecule has 0 fully saturated rings. The van der Waals surface area contributed by atoms with Crippen LogP contribution < -0.4 is 5.73 Å². The van der Waals surface area contributed by atoms with Crippen molar-refractivity contribution in [2.75, 3.05) is 0 Å². The van der Waals surface area contributed by atoms with Crippen LogP contribution in [0.1, 0.15) is 11.1 Å². The van der Waals surface area contributed by atoms with Crippen LogP contribution in [0.4, 0.5) is 8.78 Å². The highest BCUT2D eigenvalue weighted by atomic mass is 79.9. The van der Waals surface area contributed by atoms with Crippen LogP contribution in [-0.2, 0) is 12.8 Å². The Kier molecular flexibility index (Phi) is 5.13. The molecule has 5 heteroatoms. The van der Waals surface area contributed by atoms with Gasteiger partial charge in [-0.25, -0.2) is 8.78 Å². The lowest BCUT2D eigenvalue weighted by atomic mass is 9.99. The molecule has 0 saturated heterocycles. The number of benzene rings is 2. The SMILES string of the molecule is NC(Cc1cc(Br)ccc1F)Cc1c(F)cccc1Cl. The Morgan fingerprint density at radius 1 is 1.10 bits per heavy atom. The van der Waals surface area contributed by atoms with Crippen molar-refractivity contribution >= 4 is 27.5 Å². The molecule has 1 atom stereocenters. The molecule has 0 spiro atoms. The van der Waals surface area contributed by atoms with E-state index in [1.165, 1.54) is 12.1 Å². The molecular weight excluding hydrogens is 348 g/mol. The zero-order valence-electron chi connectivity index (χ0n) is 10.5. The van der Waals surface area contributed by atoms with E-state index < -0.39 is 6.04 Å². The van der Waals surface area contributed by atoms with Gasteiger partial charge in [0, 0.05) is 21.1 Å². The lowest BCUT2D eigenvalue weighted by Crippen LogP contribution is -2.26. The van der Waals surface area contributed by atoms with Gasteiger partial charge in [0.15, 0.2) is 0 Å². The summed E-state index contributed by atoms with van der Waals surface area (Å²) in [5.74, 6) is -0.703. The molecule has 2 N–H and O–H groups in total. The molecule has 0 amide bonds. The van der Waals surface area contributed by atoms with Gasteiger partial charge >= 0.3 is 0 Å². The van der Waals surface area contributed by atoms with Gasteiger partial charge in [-0.2, -0.15) is 0 Å². The van der Waals surface area contributed by atoms with Crippen molar-refractivity contribution < 1.29 is 8.78 Å². The van der Waals surface area contributed by atoms with E-state index in [1.807, 2.05) is 0 Å². The van der Waals surface area contributed by atoms with Crippen molar-refractivity contribution in [3.8, 4) is 0 Å².